The Bertz CT molecular complexity index is 914. The molecule has 0 aliphatic rings. The molecule has 0 aliphatic carbocycles. The van der Waals surface area contributed by atoms with E-state index in [0.717, 1.165) is 22.9 Å². The summed E-state index contributed by atoms with van der Waals surface area (Å²) < 4.78 is 19.0. The topological polar surface area (TPSA) is 62.3 Å². The van der Waals surface area contributed by atoms with Crippen LogP contribution in [0.1, 0.15) is 18.1 Å². The maximum Gasteiger partial charge on any atom is 0.307 e. The van der Waals surface area contributed by atoms with Gasteiger partial charge in [-0.2, -0.15) is 0 Å². The number of nitrogens with one attached hydrogen (secondary N) is 1. The molecule has 0 unspecified atom stereocenters. The Morgan fingerprint density at radius 1 is 1.25 bits per heavy atom. The smallest absolute Gasteiger partial charge is 0.307 e. The highest BCUT2D eigenvalue weighted by molar-refractivity contribution is 5.94. The number of aromatic amines is 1. The fourth-order valence-electron chi connectivity index (χ4n) is 2.92. The van der Waals surface area contributed by atoms with Crippen LogP contribution in [-0.4, -0.2) is 23.2 Å². The third kappa shape index (κ3) is 2.85. The second kappa shape index (κ2) is 6.35. The number of ether oxygens (including phenoxy) is 1. The van der Waals surface area contributed by atoms with Crippen molar-refractivity contribution in [3.8, 4) is 17.0 Å². The van der Waals surface area contributed by atoms with Crippen molar-refractivity contribution in [2.45, 2.75) is 19.8 Å². The van der Waals surface area contributed by atoms with Crippen LogP contribution in [0.15, 0.2) is 36.4 Å². The number of hydrogen-bond donors (Lipinski definition) is 2. The van der Waals surface area contributed by atoms with E-state index < -0.39 is 11.8 Å². The number of carboxylic acids is 1. The summed E-state index contributed by atoms with van der Waals surface area (Å²) >= 11 is 0. The molecular formula is C19H18FNO3. The van der Waals surface area contributed by atoms with Gasteiger partial charge in [-0.05, 0) is 47.9 Å². The van der Waals surface area contributed by atoms with Gasteiger partial charge in [0.1, 0.15) is 0 Å². The summed E-state index contributed by atoms with van der Waals surface area (Å²) in [6, 6.07) is 10.5. The molecule has 0 aliphatic heterocycles. The van der Waals surface area contributed by atoms with E-state index in [0.29, 0.717) is 16.8 Å². The third-order valence-corrected chi connectivity index (χ3v) is 4.15. The Labute approximate surface area is 138 Å². The first kappa shape index (κ1) is 16.1. The minimum absolute atomic E-state index is 0.129. The molecule has 0 spiro atoms. The molecule has 0 radical (unpaired) electrons. The molecule has 0 bridgehead atoms. The lowest BCUT2D eigenvalue weighted by Gasteiger charge is -2.06. The molecule has 0 saturated carbocycles. The molecule has 0 saturated heterocycles. The zero-order valence-corrected chi connectivity index (χ0v) is 13.5. The summed E-state index contributed by atoms with van der Waals surface area (Å²) in [4.78, 5) is 14.5. The van der Waals surface area contributed by atoms with E-state index in [-0.39, 0.29) is 12.2 Å². The van der Waals surface area contributed by atoms with Crippen LogP contribution < -0.4 is 4.74 Å². The number of aromatic nitrogens is 1. The summed E-state index contributed by atoms with van der Waals surface area (Å²) in [5.74, 6) is -1.25. The molecule has 1 heterocycles. The molecule has 0 atom stereocenters. The highest BCUT2D eigenvalue weighted by atomic mass is 19.1. The normalized spacial score (nSPS) is 11.0. The number of hydrogen-bond acceptors (Lipinski definition) is 2. The predicted octanol–water partition coefficient (Wildman–Crippen LogP) is 4.17. The summed E-state index contributed by atoms with van der Waals surface area (Å²) in [5.41, 5.74) is 3.86. The van der Waals surface area contributed by atoms with Gasteiger partial charge in [0.2, 0.25) is 0 Å². The maximum absolute atomic E-state index is 14.0. The monoisotopic (exact) mass is 327 g/mol. The molecule has 3 aromatic rings. The predicted molar refractivity (Wildman–Crippen MR) is 91.0 cm³/mol. The van der Waals surface area contributed by atoms with Gasteiger partial charge in [-0.3, -0.25) is 4.79 Å². The molecule has 124 valence electrons. The van der Waals surface area contributed by atoms with E-state index in [4.69, 9.17) is 4.74 Å². The van der Waals surface area contributed by atoms with Crippen LogP contribution in [0.25, 0.3) is 22.2 Å². The van der Waals surface area contributed by atoms with Crippen molar-refractivity contribution in [3.63, 3.8) is 0 Å². The first-order valence-corrected chi connectivity index (χ1v) is 7.72. The maximum atomic E-state index is 14.0. The molecule has 4 nitrogen and oxygen atoms in total. The highest BCUT2D eigenvalue weighted by Crippen LogP contribution is 2.33. The van der Waals surface area contributed by atoms with Crippen LogP contribution in [0.4, 0.5) is 4.39 Å². The van der Waals surface area contributed by atoms with Crippen LogP contribution >= 0.6 is 0 Å². The van der Waals surface area contributed by atoms with E-state index in [1.54, 1.807) is 6.07 Å². The lowest BCUT2D eigenvalue weighted by Crippen LogP contribution is -2.01. The second-order valence-corrected chi connectivity index (χ2v) is 5.63. The standard InChI is InChI=1S/C19H18FNO3/c1-3-11-4-6-16-13(8-11)14(10-18(22)23)19(21-16)12-5-7-17(24-2)15(20)9-12/h4-9,21H,3,10H2,1-2H3,(H,22,23). The van der Waals surface area contributed by atoms with Gasteiger partial charge in [0.15, 0.2) is 11.6 Å². The van der Waals surface area contributed by atoms with E-state index in [1.165, 1.54) is 19.2 Å². The van der Waals surface area contributed by atoms with E-state index in [9.17, 15) is 14.3 Å². The quantitative estimate of drug-likeness (QED) is 0.739. The molecule has 0 fully saturated rings. The highest BCUT2D eigenvalue weighted by Gasteiger charge is 2.17. The Morgan fingerprint density at radius 2 is 2.04 bits per heavy atom. The average Bonchev–Trinajstić information content (AvgIpc) is 2.92. The van der Waals surface area contributed by atoms with Crippen LogP contribution in [0, 0.1) is 5.82 Å². The Hall–Kier alpha value is -2.82. The molecule has 2 aromatic carbocycles. The van der Waals surface area contributed by atoms with Crippen molar-refractivity contribution in [1.82, 2.24) is 4.98 Å². The fraction of sp³-hybridized carbons (Fsp3) is 0.211. The third-order valence-electron chi connectivity index (χ3n) is 4.15. The summed E-state index contributed by atoms with van der Waals surface area (Å²) in [6.45, 7) is 2.05. The largest absolute Gasteiger partial charge is 0.494 e. The van der Waals surface area contributed by atoms with E-state index >= 15 is 0 Å². The lowest BCUT2D eigenvalue weighted by molar-refractivity contribution is -0.136. The number of carboxylic acid groups (broad SMARTS) is 1. The molecule has 2 N–H and O–H groups in total. The van der Waals surface area contributed by atoms with Gasteiger partial charge < -0.3 is 14.8 Å². The van der Waals surface area contributed by atoms with Crippen molar-refractivity contribution >= 4 is 16.9 Å². The molecule has 1 aromatic heterocycles. The lowest BCUT2D eigenvalue weighted by atomic mass is 10.0. The van der Waals surface area contributed by atoms with E-state index in [2.05, 4.69) is 4.98 Å². The van der Waals surface area contributed by atoms with Crippen molar-refractivity contribution in [1.29, 1.82) is 0 Å². The summed E-state index contributed by atoms with van der Waals surface area (Å²) in [7, 11) is 1.41. The first-order valence-electron chi connectivity index (χ1n) is 7.72. The van der Waals surface area contributed by atoms with Gasteiger partial charge in [0.25, 0.3) is 0 Å². The fourth-order valence-corrected chi connectivity index (χ4v) is 2.92. The van der Waals surface area contributed by atoms with Gasteiger partial charge in [-0.15, -0.1) is 0 Å². The first-order chi connectivity index (χ1) is 11.5. The number of aryl methyl sites for hydroxylation is 1. The van der Waals surface area contributed by atoms with Crippen molar-refractivity contribution in [2.75, 3.05) is 7.11 Å². The number of aliphatic carboxylic acids is 1. The average molecular weight is 327 g/mol. The minimum atomic E-state index is -0.923. The van der Waals surface area contributed by atoms with Crippen molar-refractivity contribution < 1.29 is 19.0 Å². The van der Waals surface area contributed by atoms with Crippen LogP contribution in [0.3, 0.4) is 0 Å². The Morgan fingerprint density at radius 3 is 2.67 bits per heavy atom. The number of methoxy groups -OCH3 is 1. The number of benzene rings is 2. The van der Waals surface area contributed by atoms with Crippen LogP contribution in [-0.2, 0) is 17.6 Å². The van der Waals surface area contributed by atoms with Crippen molar-refractivity contribution in [3.05, 3.63) is 53.3 Å². The second-order valence-electron chi connectivity index (χ2n) is 5.63. The Balaban J connectivity index is 2.22. The molecule has 5 heteroatoms. The number of carbonyl (C=O) groups is 1. The van der Waals surface area contributed by atoms with Gasteiger partial charge in [0, 0.05) is 16.5 Å². The molecule has 24 heavy (non-hydrogen) atoms. The number of rotatable bonds is 5. The van der Waals surface area contributed by atoms with Gasteiger partial charge in [-0.25, -0.2) is 4.39 Å². The van der Waals surface area contributed by atoms with E-state index in [1.807, 2.05) is 25.1 Å². The van der Waals surface area contributed by atoms with Crippen molar-refractivity contribution in [2.24, 2.45) is 0 Å². The Kier molecular flexibility index (Phi) is 4.25. The van der Waals surface area contributed by atoms with Crippen LogP contribution in [0.2, 0.25) is 0 Å². The van der Waals surface area contributed by atoms with Gasteiger partial charge >= 0.3 is 5.97 Å². The van der Waals surface area contributed by atoms with Gasteiger partial charge in [0.05, 0.1) is 19.2 Å². The SMILES string of the molecule is CCc1ccc2[nH]c(-c3ccc(OC)c(F)c3)c(CC(=O)O)c2c1. The number of H-pyrrole nitrogens is 1. The summed E-state index contributed by atoms with van der Waals surface area (Å²) in [5, 5.41) is 10.1. The zero-order chi connectivity index (χ0) is 17.3. The van der Waals surface area contributed by atoms with Crippen LogP contribution in [0.5, 0.6) is 5.75 Å². The molecule has 3 rings (SSSR count). The summed E-state index contributed by atoms with van der Waals surface area (Å²) in [6.07, 6.45) is 0.732. The van der Waals surface area contributed by atoms with Gasteiger partial charge in [-0.1, -0.05) is 13.0 Å². The zero-order valence-electron chi connectivity index (χ0n) is 13.5. The number of halogens is 1. The molecular weight excluding hydrogens is 309 g/mol. The minimum Gasteiger partial charge on any atom is -0.494 e. The molecule has 0 amide bonds. The number of fused-ring (bicyclic) bond motifs is 1.